The smallest absolute Gasteiger partial charge is 0.141 e. The van der Waals surface area contributed by atoms with Crippen LogP contribution < -0.4 is 0 Å². The van der Waals surface area contributed by atoms with Gasteiger partial charge in [-0.3, -0.25) is 0 Å². The van der Waals surface area contributed by atoms with Crippen LogP contribution in [0.2, 0.25) is 0 Å². The molecule has 2 aromatic rings. The normalized spacial score (nSPS) is 10.4. The summed E-state index contributed by atoms with van der Waals surface area (Å²) in [6, 6.07) is 8.56. The molecule has 0 aliphatic carbocycles. The van der Waals surface area contributed by atoms with Crippen LogP contribution in [0.15, 0.2) is 24.3 Å². The van der Waals surface area contributed by atoms with Crippen LogP contribution in [0, 0.1) is 18.5 Å². The van der Waals surface area contributed by atoms with Crippen molar-refractivity contribution in [2.75, 3.05) is 0 Å². The van der Waals surface area contributed by atoms with E-state index in [1.54, 1.807) is 0 Å². The topological polar surface area (TPSA) is 17.8 Å². The van der Waals surface area contributed by atoms with Crippen LogP contribution in [-0.4, -0.2) is 9.55 Å². The zero-order chi connectivity index (χ0) is 14.4. The number of aryl methyl sites for hydroxylation is 2. The fourth-order valence-electron chi connectivity index (χ4n) is 2.36. The second-order valence-electron chi connectivity index (χ2n) is 5.11. The summed E-state index contributed by atoms with van der Waals surface area (Å²) in [7, 11) is 1.93. The largest absolute Gasteiger partial charge is 0.325 e. The standard InChI is InChI=1S/C18H21N2/c1-4-6-7-8-10-15-11-9-12-16(13-15)18-19-17(5-2)14-20(18)3/h2,9,11-13H,4,6-8,10H2,1,3H3. The van der Waals surface area contributed by atoms with Gasteiger partial charge >= 0.3 is 0 Å². The molecule has 1 aromatic carbocycles. The number of unbranched alkanes of at least 4 members (excludes halogenated alkanes) is 3. The number of terminal acetylenes is 1. The van der Waals surface area contributed by atoms with Crippen molar-refractivity contribution in [1.29, 1.82) is 0 Å². The molecule has 0 atom stereocenters. The SMILES string of the molecule is C#Cc1[c]n(C)c(-c2cccc(CCCCCC)c2)n1. The highest BCUT2D eigenvalue weighted by Crippen LogP contribution is 2.20. The van der Waals surface area contributed by atoms with Gasteiger partial charge in [0.15, 0.2) is 0 Å². The highest BCUT2D eigenvalue weighted by molar-refractivity contribution is 5.57. The number of aromatic nitrogens is 2. The second-order valence-corrected chi connectivity index (χ2v) is 5.11. The van der Waals surface area contributed by atoms with Crippen LogP contribution in [-0.2, 0) is 13.5 Å². The Bertz CT molecular complexity index is 602. The lowest BCUT2D eigenvalue weighted by Gasteiger charge is -2.05. The van der Waals surface area contributed by atoms with Crippen LogP contribution in [0.1, 0.15) is 43.9 Å². The molecule has 0 fully saturated rings. The highest BCUT2D eigenvalue weighted by Gasteiger charge is 2.07. The Morgan fingerprint density at radius 1 is 1.30 bits per heavy atom. The second kappa shape index (κ2) is 6.96. The van der Waals surface area contributed by atoms with Gasteiger partial charge < -0.3 is 4.57 Å². The molecular formula is C18H21N2. The van der Waals surface area contributed by atoms with Gasteiger partial charge in [-0.15, -0.1) is 6.42 Å². The Balaban J connectivity index is 2.13. The summed E-state index contributed by atoms with van der Waals surface area (Å²) < 4.78 is 1.87. The lowest BCUT2D eigenvalue weighted by molar-refractivity contribution is 0.667. The van der Waals surface area contributed by atoms with Gasteiger partial charge in [0.1, 0.15) is 17.7 Å². The molecule has 0 unspecified atom stereocenters. The number of benzene rings is 1. The van der Waals surface area contributed by atoms with Crippen molar-refractivity contribution in [3.8, 4) is 23.7 Å². The van der Waals surface area contributed by atoms with Crippen LogP contribution in [0.4, 0.5) is 0 Å². The first-order chi connectivity index (χ1) is 9.74. The van der Waals surface area contributed by atoms with E-state index in [1.807, 2.05) is 11.6 Å². The Labute approximate surface area is 121 Å². The Kier molecular flexibility index (Phi) is 5.01. The molecule has 2 nitrogen and oxygen atoms in total. The molecule has 1 aromatic heterocycles. The van der Waals surface area contributed by atoms with E-state index >= 15 is 0 Å². The third kappa shape index (κ3) is 3.51. The average Bonchev–Trinajstić information content (AvgIpc) is 2.85. The van der Waals surface area contributed by atoms with Gasteiger partial charge in [0.05, 0.1) is 0 Å². The molecule has 0 bridgehead atoms. The lowest BCUT2D eigenvalue weighted by Crippen LogP contribution is -1.93. The van der Waals surface area contributed by atoms with Crippen molar-refractivity contribution in [2.24, 2.45) is 7.05 Å². The van der Waals surface area contributed by atoms with Crippen molar-refractivity contribution < 1.29 is 0 Å². The molecule has 0 saturated heterocycles. The molecule has 1 heterocycles. The summed E-state index contributed by atoms with van der Waals surface area (Å²) in [6.07, 6.45) is 14.7. The molecule has 0 amide bonds. The molecule has 0 aliphatic heterocycles. The van der Waals surface area contributed by atoms with Crippen molar-refractivity contribution in [3.05, 3.63) is 41.7 Å². The van der Waals surface area contributed by atoms with Gasteiger partial charge in [0.25, 0.3) is 0 Å². The molecule has 0 saturated carbocycles. The molecule has 0 N–H and O–H groups in total. The van der Waals surface area contributed by atoms with Gasteiger partial charge in [0, 0.05) is 12.6 Å². The molecular weight excluding hydrogens is 244 g/mol. The maximum absolute atomic E-state index is 5.38. The fraction of sp³-hybridized carbons (Fsp3) is 0.389. The van der Waals surface area contributed by atoms with Crippen molar-refractivity contribution in [1.82, 2.24) is 9.55 Å². The molecule has 2 rings (SSSR count). The minimum absolute atomic E-state index is 0.566. The maximum Gasteiger partial charge on any atom is 0.141 e. The number of nitrogens with zero attached hydrogens (tertiary/aromatic N) is 2. The van der Waals surface area contributed by atoms with Crippen molar-refractivity contribution >= 4 is 0 Å². The Morgan fingerprint density at radius 2 is 2.15 bits per heavy atom. The predicted octanol–water partition coefficient (Wildman–Crippen LogP) is 3.99. The number of rotatable bonds is 6. The van der Waals surface area contributed by atoms with E-state index in [4.69, 9.17) is 6.42 Å². The highest BCUT2D eigenvalue weighted by atomic mass is 15.0. The summed E-state index contributed by atoms with van der Waals surface area (Å²) in [4.78, 5) is 4.42. The van der Waals surface area contributed by atoms with E-state index < -0.39 is 0 Å². The minimum Gasteiger partial charge on any atom is -0.325 e. The average molecular weight is 265 g/mol. The summed E-state index contributed by atoms with van der Waals surface area (Å²) in [5, 5.41) is 0. The third-order valence-electron chi connectivity index (χ3n) is 3.45. The zero-order valence-electron chi connectivity index (χ0n) is 12.3. The number of imidazole rings is 1. The predicted molar refractivity (Wildman–Crippen MR) is 83.3 cm³/mol. The van der Waals surface area contributed by atoms with E-state index in [0.717, 1.165) is 17.8 Å². The van der Waals surface area contributed by atoms with Crippen LogP contribution in [0.5, 0.6) is 0 Å². The van der Waals surface area contributed by atoms with Crippen LogP contribution >= 0.6 is 0 Å². The van der Waals surface area contributed by atoms with Gasteiger partial charge in [-0.05, 0) is 30.4 Å². The first-order valence-electron chi connectivity index (χ1n) is 7.26. The van der Waals surface area contributed by atoms with Gasteiger partial charge in [-0.1, -0.05) is 44.4 Å². The molecule has 103 valence electrons. The molecule has 0 spiro atoms. The minimum atomic E-state index is 0.566. The maximum atomic E-state index is 5.38. The van der Waals surface area contributed by atoms with E-state index in [9.17, 15) is 0 Å². The van der Waals surface area contributed by atoms with Gasteiger partial charge in [-0.2, -0.15) is 0 Å². The Hall–Kier alpha value is -2.01. The summed E-state index contributed by atoms with van der Waals surface area (Å²) in [5.41, 5.74) is 3.04. The summed E-state index contributed by atoms with van der Waals surface area (Å²) in [5.74, 6) is 3.42. The van der Waals surface area contributed by atoms with Crippen LogP contribution in [0.3, 0.4) is 0 Å². The van der Waals surface area contributed by atoms with E-state index in [1.165, 1.54) is 31.2 Å². The number of hydrogen-bond donors (Lipinski definition) is 0. The molecule has 2 heteroatoms. The lowest BCUT2D eigenvalue weighted by atomic mass is 10.0. The quantitative estimate of drug-likeness (QED) is 0.570. The molecule has 1 radical (unpaired) electrons. The fourth-order valence-corrected chi connectivity index (χ4v) is 2.36. The van der Waals surface area contributed by atoms with Gasteiger partial charge in [-0.25, -0.2) is 4.98 Å². The molecule has 20 heavy (non-hydrogen) atoms. The van der Waals surface area contributed by atoms with E-state index in [0.29, 0.717) is 5.69 Å². The van der Waals surface area contributed by atoms with E-state index in [2.05, 4.69) is 48.3 Å². The van der Waals surface area contributed by atoms with E-state index in [-0.39, 0.29) is 0 Å². The Morgan fingerprint density at radius 3 is 2.85 bits per heavy atom. The zero-order valence-corrected chi connectivity index (χ0v) is 12.3. The first-order valence-corrected chi connectivity index (χ1v) is 7.26. The number of hydrogen-bond acceptors (Lipinski definition) is 1. The third-order valence-corrected chi connectivity index (χ3v) is 3.45. The molecule has 0 aliphatic rings. The monoisotopic (exact) mass is 265 g/mol. The van der Waals surface area contributed by atoms with Crippen LogP contribution in [0.25, 0.3) is 11.4 Å². The first kappa shape index (κ1) is 14.4. The van der Waals surface area contributed by atoms with Gasteiger partial charge in [0.2, 0.25) is 0 Å². The summed E-state index contributed by atoms with van der Waals surface area (Å²) >= 11 is 0. The van der Waals surface area contributed by atoms with Crippen molar-refractivity contribution in [3.63, 3.8) is 0 Å². The summed E-state index contributed by atoms with van der Waals surface area (Å²) in [6.45, 7) is 2.24. The van der Waals surface area contributed by atoms with Crippen molar-refractivity contribution in [2.45, 2.75) is 39.0 Å².